The number of nitrogens with one attached hydrogen (secondary N) is 1. The standard InChI is InChI=1S/C13H17Br2NO2/c1-8(2)11(5-6-14)16-13(18)9-3-4-10(15)12(17)7-9/h3-4,7-8,11,17H,5-6H2,1-2H3,(H,16,18). The first-order valence-electron chi connectivity index (χ1n) is 5.81. The maximum atomic E-state index is 12.0. The summed E-state index contributed by atoms with van der Waals surface area (Å²) in [5, 5.41) is 13.4. The van der Waals surface area contributed by atoms with Gasteiger partial charge in [-0.2, -0.15) is 0 Å². The summed E-state index contributed by atoms with van der Waals surface area (Å²) in [4.78, 5) is 12.0. The molecule has 18 heavy (non-hydrogen) atoms. The number of alkyl halides is 1. The molecule has 0 saturated heterocycles. The lowest BCUT2D eigenvalue weighted by atomic mass is 10.0. The summed E-state index contributed by atoms with van der Waals surface area (Å²) in [5.74, 6) is 0.289. The van der Waals surface area contributed by atoms with Crippen LogP contribution in [-0.4, -0.2) is 22.4 Å². The summed E-state index contributed by atoms with van der Waals surface area (Å²) in [6.45, 7) is 4.15. The quantitative estimate of drug-likeness (QED) is 0.767. The van der Waals surface area contributed by atoms with Crippen molar-refractivity contribution in [2.45, 2.75) is 26.3 Å². The van der Waals surface area contributed by atoms with Crippen molar-refractivity contribution < 1.29 is 9.90 Å². The van der Waals surface area contributed by atoms with Crippen molar-refractivity contribution in [2.75, 3.05) is 5.33 Å². The maximum absolute atomic E-state index is 12.0. The Bertz CT molecular complexity index is 421. The van der Waals surface area contributed by atoms with Gasteiger partial charge >= 0.3 is 0 Å². The molecule has 0 aliphatic carbocycles. The molecule has 100 valence electrons. The van der Waals surface area contributed by atoms with Crippen LogP contribution in [0.2, 0.25) is 0 Å². The predicted octanol–water partition coefficient (Wildman–Crippen LogP) is 3.69. The number of aromatic hydroxyl groups is 1. The number of hydrogen-bond donors (Lipinski definition) is 2. The molecule has 0 saturated carbocycles. The van der Waals surface area contributed by atoms with Gasteiger partial charge in [0.1, 0.15) is 5.75 Å². The molecule has 1 unspecified atom stereocenters. The number of halogens is 2. The first-order chi connectivity index (χ1) is 8.45. The molecule has 0 aliphatic rings. The van der Waals surface area contributed by atoms with Crippen LogP contribution in [-0.2, 0) is 0 Å². The average Bonchev–Trinajstić information content (AvgIpc) is 2.31. The first kappa shape index (κ1) is 15.5. The molecule has 0 heterocycles. The molecule has 1 amide bonds. The lowest BCUT2D eigenvalue weighted by molar-refractivity contribution is 0.0924. The zero-order chi connectivity index (χ0) is 13.7. The van der Waals surface area contributed by atoms with Crippen molar-refractivity contribution in [2.24, 2.45) is 5.92 Å². The smallest absolute Gasteiger partial charge is 0.251 e. The van der Waals surface area contributed by atoms with Gasteiger partial charge in [-0.1, -0.05) is 29.8 Å². The van der Waals surface area contributed by atoms with Gasteiger partial charge in [0.15, 0.2) is 0 Å². The number of hydrogen-bond acceptors (Lipinski definition) is 2. The van der Waals surface area contributed by atoms with E-state index in [1.165, 1.54) is 6.07 Å². The highest BCUT2D eigenvalue weighted by Gasteiger charge is 2.17. The molecule has 1 aromatic carbocycles. The largest absolute Gasteiger partial charge is 0.507 e. The molecular weight excluding hydrogens is 362 g/mol. The molecule has 2 N–H and O–H groups in total. The number of benzene rings is 1. The van der Waals surface area contributed by atoms with E-state index in [1.54, 1.807) is 12.1 Å². The van der Waals surface area contributed by atoms with E-state index in [0.717, 1.165) is 11.8 Å². The van der Waals surface area contributed by atoms with Crippen molar-refractivity contribution in [1.29, 1.82) is 0 Å². The molecule has 1 atom stereocenters. The highest BCUT2D eigenvalue weighted by atomic mass is 79.9. The molecule has 0 spiro atoms. The Morgan fingerprint density at radius 3 is 2.61 bits per heavy atom. The van der Waals surface area contributed by atoms with E-state index in [9.17, 15) is 9.90 Å². The zero-order valence-corrected chi connectivity index (χ0v) is 13.6. The van der Waals surface area contributed by atoms with Crippen LogP contribution in [0.1, 0.15) is 30.6 Å². The summed E-state index contributed by atoms with van der Waals surface area (Å²) < 4.78 is 0.583. The molecule has 5 heteroatoms. The summed E-state index contributed by atoms with van der Waals surface area (Å²) in [7, 11) is 0. The van der Waals surface area contributed by atoms with E-state index < -0.39 is 0 Å². The van der Waals surface area contributed by atoms with Crippen LogP contribution in [0.15, 0.2) is 22.7 Å². The third-order valence-electron chi connectivity index (χ3n) is 2.75. The SMILES string of the molecule is CC(C)C(CCBr)NC(=O)c1ccc(Br)c(O)c1. The number of phenolic OH excluding ortho intramolecular Hbond substituents is 1. The molecule has 0 aromatic heterocycles. The van der Waals surface area contributed by atoms with Gasteiger partial charge in [-0.25, -0.2) is 0 Å². The minimum Gasteiger partial charge on any atom is -0.507 e. The highest BCUT2D eigenvalue weighted by Crippen LogP contribution is 2.24. The topological polar surface area (TPSA) is 49.3 Å². The van der Waals surface area contributed by atoms with Gasteiger partial charge in [0.25, 0.3) is 5.91 Å². The van der Waals surface area contributed by atoms with Crippen LogP contribution in [0.3, 0.4) is 0 Å². The summed E-state index contributed by atoms with van der Waals surface area (Å²) in [6, 6.07) is 4.94. The van der Waals surface area contributed by atoms with E-state index >= 15 is 0 Å². The second-order valence-corrected chi connectivity index (χ2v) is 6.12. The summed E-state index contributed by atoms with van der Waals surface area (Å²) in [6.07, 6.45) is 0.881. The van der Waals surface area contributed by atoms with Gasteiger partial charge in [0, 0.05) is 16.9 Å². The van der Waals surface area contributed by atoms with E-state index in [0.29, 0.717) is 16.0 Å². The van der Waals surface area contributed by atoms with Gasteiger partial charge in [0.2, 0.25) is 0 Å². The van der Waals surface area contributed by atoms with Crippen LogP contribution in [0.5, 0.6) is 5.75 Å². The molecule has 0 aliphatic heterocycles. The average molecular weight is 379 g/mol. The van der Waals surface area contributed by atoms with Crippen LogP contribution in [0.4, 0.5) is 0 Å². The van der Waals surface area contributed by atoms with Gasteiger partial charge in [-0.3, -0.25) is 4.79 Å². The number of rotatable bonds is 5. The number of phenols is 1. The molecule has 0 radical (unpaired) electrons. The second-order valence-electron chi connectivity index (χ2n) is 4.47. The Labute approximate surface area is 124 Å². The Hall–Kier alpha value is -0.550. The molecule has 0 fully saturated rings. The number of carbonyl (C=O) groups excluding carboxylic acids is 1. The minimum absolute atomic E-state index is 0.0734. The fourth-order valence-corrected chi connectivity index (χ4v) is 2.34. The summed E-state index contributed by atoms with van der Waals surface area (Å²) >= 11 is 6.58. The van der Waals surface area contributed by atoms with Crippen LogP contribution in [0.25, 0.3) is 0 Å². The van der Waals surface area contributed by atoms with Crippen LogP contribution >= 0.6 is 31.9 Å². The zero-order valence-electron chi connectivity index (χ0n) is 10.4. The Balaban J connectivity index is 2.77. The van der Waals surface area contributed by atoms with Crippen LogP contribution in [0, 0.1) is 5.92 Å². The lowest BCUT2D eigenvalue weighted by Crippen LogP contribution is -2.38. The van der Waals surface area contributed by atoms with Crippen LogP contribution < -0.4 is 5.32 Å². The Morgan fingerprint density at radius 2 is 2.11 bits per heavy atom. The Kier molecular flexibility index (Phi) is 6.15. The van der Waals surface area contributed by atoms with Crippen molar-refractivity contribution >= 4 is 37.8 Å². The normalized spacial score (nSPS) is 12.5. The van der Waals surface area contributed by atoms with Gasteiger partial charge in [-0.05, 0) is 46.5 Å². The van der Waals surface area contributed by atoms with Crippen molar-refractivity contribution in [3.8, 4) is 5.75 Å². The fraction of sp³-hybridized carbons (Fsp3) is 0.462. The molecule has 3 nitrogen and oxygen atoms in total. The van der Waals surface area contributed by atoms with Crippen molar-refractivity contribution in [1.82, 2.24) is 5.32 Å². The fourth-order valence-electron chi connectivity index (χ4n) is 1.60. The molecule has 0 bridgehead atoms. The van der Waals surface area contributed by atoms with Gasteiger partial charge < -0.3 is 10.4 Å². The third kappa shape index (κ3) is 4.28. The first-order valence-corrected chi connectivity index (χ1v) is 7.72. The third-order valence-corrected chi connectivity index (χ3v) is 3.88. The molecule has 1 aromatic rings. The number of amides is 1. The maximum Gasteiger partial charge on any atom is 0.251 e. The highest BCUT2D eigenvalue weighted by molar-refractivity contribution is 9.10. The monoisotopic (exact) mass is 377 g/mol. The second kappa shape index (κ2) is 7.14. The molecule has 1 rings (SSSR count). The number of carbonyl (C=O) groups is 1. The predicted molar refractivity (Wildman–Crippen MR) is 80.3 cm³/mol. The van der Waals surface area contributed by atoms with E-state index in [-0.39, 0.29) is 17.7 Å². The van der Waals surface area contributed by atoms with Crippen molar-refractivity contribution in [3.05, 3.63) is 28.2 Å². The van der Waals surface area contributed by atoms with Gasteiger partial charge in [0.05, 0.1) is 4.47 Å². The van der Waals surface area contributed by atoms with E-state index in [4.69, 9.17) is 0 Å². The summed E-state index contributed by atoms with van der Waals surface area (Å²) in [5.41, 5.74) is 0.468. The van der Waals surface area contributed by atoms with E-state index in [2.05, 4.69) is 51.0 Å². The Morgan fingerprint density at radius 1 is 1.44 bits per heavy atom. The van der Waals surface area contributed by atoms with Gasteiger partial charge in [-0.15, -0.1) is 0 Å². The lowest BCUT2D eigenvalue weighted by Gasteiger charge is -2.21. The van der Waals surface area contributed by atoms with E-state index in [1.807, 2.05) is 0 Å². The molecular formula is C13H17Br2NO2. The minimum atomic E-state index is -0.155. The van der Waals surface area contributed by atoms with Crippen molar-refractivity contribution in [3.63, 3.8) is 0 Å².